The number of aromatic nitrogens is 1. The van der Waals surface area contributed by atoms with E-state index in [1.165, 1.54) is 11.3 Å². The van der Waals surface area contributed by atoms with E-state index in [4.69, 9.17) is 4.74 Å². The minimum Gasteiger partial charge on any atom is -0.462 e. The van der Waals surface area contributed by atoms with Crippen molar-refractivity contribution in [2.24, 2.45) is 5.92 Å². The molecule has 2 aliphatic rings. The molecule has 1 saturated carbocycles. The van der Waals surface area contributed by atoms with Crippen molar-refractivity contribution in [3.8, 4) is 11.1 Å². The Labute approximate surface area is 212 Å². The first kappa shape index (κ1) is 25.2. The van der Waals surface area contributed by atoms with Gasteiger partial charge in [-0.25, -0.2) is 4.79 Å². The molecule has 1 fully saturated rings. The van der Waals surface area contributed by atoms with Gasteiger partial charge in [0.15, 0.2) is 0 Å². The SMILES string of the molecule is CCOC(=O)c1c(-n2c(C)cc(/C=C(\C#N)C(=O)N[C@H]3CCCC[C@@H]3C)c2C)sc2c1CCCC2. The van der Waals surface area contributed by atoms with Gasteiger partial charge in [0.25, 0.3) is 5.91 Å². The number of carbonyl (C=O) groups is 2. The van der Waals surface area contributed by atoms with E-state index in [0.717, 1.165) is 72.5 Å². The van der Waals surface area contributed by atoms with Gasteiger partial charge in [-0.2, -0.15) is 5.26 Å². The summed E-state index contributed by atoms with van der Waals surface area (Å²) in [7, 11) is 0. The number of carbonyl (C=O) groups excluding carboxylic acids is 2. The molecule has 2 heterocycles. The normalized spacial score (nSPS) is 20.1. The third kappa shape index (κ3) is 5.08. The number of nitriles is 1. The molecule has 0 aromatic carbocycles. The van der Waals surface area contributed by atoms with Crippen LogP contribution in [0.3, 0.4) is 0 Å². The fourth-order valence-electron chi connectivity index (χ4n) is 5.45. The summed E-state index contributed by atoms with van der Waals surface area (Å²) in [6.45, 7) is 8.29. The predicted octanol–water partition coefficient (Wildman–Crippen LogP) is 5.81. The Hall–Kier alpha value is -2.85. The van der Waals surface area contributed by atoms with Crippen LogP contribution >= 0.6 is 11.3 Å². The number of hydrogen-bond donors (Lipinski definition) is 1. The Bertz CT molecular complexity index is 1200. The maximum atomic E-state index is 13.0. The van der Waals surface area contributed by atoms with Crippen LogP contribution in [0.25, 0.3) is 11.1 Å². The standard InChI is InChI=1S/C28H35N3O3S/c1-5-34-28(33)25-22-11-7-9-13-24(22)35-27(25)31-18(3)14-20(19(31)4)15-21(16-29)26(32)30-23-12-8-6-10-17(23)2/h14-15,17,23H,5-13H2,1-4H3,(H,30,32)/b21-15+/t17-,23-/m0/s1. The molecule has 0 saturated heterocycles. The van der Waals surface area contributed by atoms with E-state index in [0.29, 0.717) is 18.1 Å². The Morgan fingerprint density at radius 1 is 1.23 bits per heavy atom. The van der Waals surface area contributed by atoms with Crippen molar-refractivity contribution in [2.45, 2.75) is 85.1 Å². The zero-order valence-electron chi connectivity index (χ0n) is 21.2. The van der Waals surface area contributed by atoms with Crippen molar-refractivity contribution in [1.29, 1.82) is 5.26 Å². The fraction of sp³-hybridized carbons (Fsp3) is 0.536. The molecule has 0 bridgehead atoms. The molecule has 2 aromatic rings. The summed E-state index contributed by atoms with van der Waals surface area (Å²) in [6, 6.07) is 4.20. The third-order valence-electron chi connectivity index (χ3n) is 7.40. The van der Waals surface area contributed by atoms with Crippen molar-refractivity contribution in [3.63, 3.8) is 0 Å². The van der Waals surface area contributed by atoms with E-state index < -0.39 is 0 Å². The molecule has 1 amide bonds. The van der Waals surface area contributed by atoms with Crippen LogP contribution in [0.4, 0.5) is 0 Å². The monoisotopic (exact) mass is 493 g/mol. The van der Waals surface area contributed by atoms with Crippen molar-refractivity contribution in [1.82, 2.24) is 9.88 Å². The second-order valence-corrected chi connectivity index (χ2v) is 10.9. The lowest BCUT2D eigenvalue weighted by atomic mass is 9.86. The van der Waals surface area contributed by atoms with Gasteiger partial charge >= 0.3 is 5.97 Å². The first-order valence-corrected chi connectivity index (χ1v) is 13.6. The van der Waals surface area contributed by atoms with E-state index in [9.17, 15) is 14.9 Å². The van der Waals surface area contributed by atoms with Crippen LogP contribution in [-0.4, -0.2) is 29.1 Å². The molecule has 2 aliphatic carbocycles. The second-order valence-electron chi connectivity index (χ2n) is 9.78. The van der Waals surface area contributed by atoms with Crippen LogP contribution < -0.4 is 5.32 Å². The summed E-state index contributed by atoms with van der Waals surface area (Å²) in [4.78, 5) is 27.2. The number of ether oxygens (including phenoxy) is 1. The first-order chi connectivity index (χ1) is 16.8. The lowest BCUT2D eigenvalue weighted by molar-refractivity contribution is -0.118. The van der Waals surface area contributed by atoms with Crippen LogP contribution in [0.1, 0.15) is 90.1 Å². The van der Waals surface area contributed by atoms with Crippen LogP contribution in [0.5, 0.6) is 0 Å². The zero-order chi connectivity index (χ0) is 25.1. The summed E-state index contributed by atoms with van der Waals surface area (Å²) in [5.41, 5.74) is 4.58. The van der Waals surface area contributed by atoms with Gasteiger partial charge in [-0.15, -0.1) is 11.3 Å². The zero-order valence-corrected chi connectivity index (χ0v) is 22.0. The van der Waals surface area contributed by atoms with Gasteiger partial charge < -0.3 is 14.6 Å². The van der Waals surface area contributed by atoms with E-state index in [1.54, 1.807) is 17.4 Å². The number of fused-ring (bicyclic) bond motifs is 1. The number of nitrogens with zero attached hydrogens (tertiary/aromatic N) is 2. The number of rotatable bonds is 6. The van der Waals surface area contributed by atoms with Crippen molar-refractivity contribution < 1.29 is 14.3 Å². The average molecular weight is 494 g/mol. The van der Waals surface area contributed by atoms with E-state index in [1.807, 2.05) is 26.8 Å². The molecule has 0 unspecified atom stereocenters. The van der Waals surface area contributed by atoms with E-state index >= 15 is 0 Å². The maximum Gasteiger partial charge on any atom is 0.341 e. The van der Waals surface area contributed by atoms with Gasteiger partial charge in [0.05, 0.1) is 12.2 Å². The molecule has 35 heavy (non-hydrogen) atoms. The minimum absolute atomic E-state index is 0.110. The molecule has 1 N–H and O–H groups in total. The first-order valence-electron chi connectivity index (χ1n) is 12.8. The number of amides is 1. The highest BCUT2D eigenvalue weighted by Gasteiger charge is 2.29. The average Bonchev–Trinajstić information content (AvgIpc) is 3.35. The van der Waals surface area contributed by atoms with Gasteiger partial charge in [-0.1, -0.05) is 19.8 Å². The van der Waals surface area contributed by atoms with Gasteiger partial charge in [0, 0.05) is 22.3 Å². The second kappa shape index (κ2) is 10.8. The number of thiophene rings is 1. The Balaban J connectivity index is 1.70. The summed E-state index contributed by atoms with van der Waals surface area (Å²) in [5.74, 6) is -0.163. The molecular formula is C28H35N3O3S. The molecule has 0 aliphatic heterocycles. The highest BCUT2D eigenvalue weighted by molar-refractivity contribution is 7.15. The van der Waals surface area contributed by atoms with Crippen molar-refractivity contribution in [3.05, 3.63) is 44.6 Å². The number of hydrogen-bond acceptors (Lipinski definition) is 5. The largest absolute Gasteiger partial charge is 0.462 e. The molecular weight excluding hydrogens is 458 g/mol. The number of esters is 1. The summed E-state index contributed by atoms with van der Waals surface area (Å²) >= 11 is 1.66. The van der Waals surface area contributed by atoms with Crippen molar-refractivity contribution in [2.75, 3.05) is 6.61 Å². The van der Waals surface area contributed by atoms with Crippen LogP contribution in [0.15, 0.2) is 11.6 Å². The highest BCUT2D eigenvalue weighted by Crippen LogP contribution is 2.39. The molecule has 6 nitrogen and oxygen atoms in total. The predicted molar refractivity (Wildman–Crippen MR) is 139 cm³/mol. The molecule has 0 radical (unpaired) electrons. The molecule has 7 heteroatoms. The number of nitrogens with one attached hydrogen (secondary N) is 1. The van der Waals surface area contributed by atoms with Gasteiger partial charge in [-0.05, 0) is 88.5 Å². The van der Waals surface area contributed by atoms with E-state index in [2.05, 4.69) is 22.9 Å². The molecule has 186 valence electrons. The lowest BCUT2D eigenvalue weighted by Crippen LogP contribution is -2.41. The summed E-state index contributed by atoms with van der Waals surface area (Å²) in [5, 5.41) is 13.7. The highest BCUT2D eigenvalue weighted by atomic mass is 32.1. The molecule has 2 atom stereocenters. The van der Waals surface area contributed by atoms with Crippen molar-refractivity contribution >= 4 is 29.3 Å². The van der Waals surface area contributed by atoms with Gasteiger partial charge in [-0.3, -0.25) is 4.79 Å². The van der Waals surface area contributed by atoms with E-state index in [-0.39, 0.29) is 23.5 Å². The fourth-order valence-corrected chi connectivity index (χ4v) is 6.94. The topological polar surface area (TPSA) is 84.1 Å². The maximum absolute atomic E-state index is 13.0. The van der Waals surface area contributed by atoms with Crippen LogP contribution in [0.2, 0.25) is 0 Å². The minimum atomic E-state index is -0.310. The number of aryl methyl sites for hydroxylation is 2. The smallest absolute Gasteiger partial charge is 0.341 e. The Morgan fingerprint density at radius 2 is 1.97 bits per heavy atom. The van der Waals surface area contributed by atoms with Gasteiger partial charge in [0.2, 0.25) is 0 Å². The quantitative estimate of drug-likeness (QED) is 0.312. The van der Waals surface area contributed by atoms with Crippen LogP contribution in [-0.2, 0) is 22.4 Å². The van der Waals surface area contributed by atoms with Gasteiger partial charge in [0.1, 0.15) is 16.6 Å². The third-order valence-corrected chi connectivity index (χ3v) is 8.68. The lowest BCUT2D eigenvalue weighted by Gasteiger charge is -2.29. The molecule has 4 rings (SSSR count). The Kier molecular flexibility index (Phi) is 7.81. The molecule has 0 spiro atoms. The Morgan fingerprint density at radius 3 is 2.69 bits per heavy atom. The summed E-state index contributed by atoms with van der Waals surface area (Å²) in [6.07, 6.45) is 10.1. The molecule has 2 aromatic heterocycles. The summed E-state index contributed by atoms with van der Waals surface area (Å²) < 4.78 is 7.52. The van der Waals surface area contributed by atoms with Crippen LogP contribution in [0, 0.1) is 31.1 Å².